The number of fused-ring (bicyclic) bond motifs is 1. The number of pyridine rings is 1. The lowest BCUT2D eigenvalue weighted by atomic mass is 10.1. The first-order valence-electron chi connectivity index (χ1n) is 13.5. The van der Waals surface area contributed by atoms with Crippen molar-refractivity contribution in [3.63, 3.8) is 0 Å². The lowest BCUT2D eigenvalue weighted by Gasteiger charge is -2.31. The predicted molar refractivity (Wildman–Crippen MR) is 152 cm³/mol. The Labute approximate surface area is 238 Å². The van der Waals surface area contributed by atoms with E-state index >= 15 is 0 Å². The molecule has 3 aromatic rings. The Balaban J connectivity index is 1.56. The Kier molecular flexibility index (Phi) is 8.35. The number of carbonyl (C=O) groups is 1. The fourth-order valence-electron chi connectivity index (χ4n) is 4.93. The Morgan fingerprint density at radius 2 is 1.93 bits per heavy atom. The van der Waals surface area contributed by atoms with Gasteiger partial charge in [0.05, 0.1) is 48.1 Å². The number of sulfonamides is 1. The number of rotatable bonds is 10. The van der Waals surface area contributed by atoms with Gasteiger partial charge in [-0.3, -0.25) is 19.6 Å². The molecule has 2 aromatic heterocycles. The Hall–Kier alpha value is -3.85. The molecule has 13 nitrogen and oxygen atoms in total. The van der Waals surface area contributed by atoms with Crippen LogP contribution in [0.15, 0.2) is 52.3 Å². The van der Waals surface area contributed by atoms with Crippen LogP contribution in [0.25, 0.3) is 11.4 Å². The number of aromatic amines is 1. The smallest absolute Gasteiger partial charge is 0.276 e. The summed E-state index contributed by atoms with van der Waals surface area (Å²) in [7, 11) is -1.83. The summed E-state index contributed by atoms with van der Waals surface area (Å²) in [5, 5.41) is 3.30. The summed E-state index contributed by atoms with van der Waals surface area (Å²) in [6.07, 6.45) is 2.39. The van der Waals surface area contributed by atoms with Crippen LogP contribution in [0.3, 0.4) is 0 Å². The van der Waals surface area contributed by atoms with E-state index in [-0.39, 0.29) is 36.0 Å². The number of hydrazine groups is 1. The van der Waals surface area contributed by atoms with E-state index in [1.165, 1.54) is 16.4 Å². The number of nitrogens with zero attached hydrogens (tertiary/aromatic N) is 6. The van der Waals surface area contributed by atoms with Crippen LogP contribution in [0, 0.1) is 0 Å². The van der Waals surface area contributed by atoms with Crippen LogP contribution in [0.2, 0.25) is 0 Å². The topological polar surface area (TPSA) is 158 Å². The number of likely N-dealkylation sites (N-methyl/N-ethyl adjacent to an activating group) is 1. The number of hydrogen-bond donors (Lipinski definition) is 2. The number of carbonyl (C=O) groups excluding carboxylic acids is 1. The first-order chi connectivity index (χ1) is 19.7. The highest BCUT2D eigenvalue weighted by molar-refractivity contribution is 7.89. The summed E-state index contributed by atoms with van der Waals surface area (Å²) >= 11 is 0. The molecule has 1 fully saturated rings. The van der Waals surface area contributed by atoms with Crippen LogP contribution in [-0.4, -0.2) is 89.9 Å². The second-order valence-corrected chi connectivity index (χ2v) is 12.0. The monoisotopic (exact) mass is 582 g/mol. The van der Waals surface area contributed by atoms with Crippen LogP contribution in [0.4, 0.5) is 5.69 Å². The van der Waals surface area contributed by atoms with E-state index in [4.69, 9.17) is 15.5 Å². The number of amides is 1. The van der Waals surface area contributed by atoms with E-state index in [2.05, 4.69) is 14.9 Å². The van der Waals surface area contributed by atoms with E-state index in [0.717, 1.165) is 6.42 Å². The number of piperazine rings is 1. The van der Waals surface area contributed by atoms with Crippen LogP contribution in [-0.2, 0) is 27.9 Å². The van der Waals surface area contributed by atoms with Gasteiger partial charge >= 0.3 is 0 Å². The van der Waals surface area contributed by atoms with Gasteiger partial charge in [0, 0.05) is 32.4 Å². The maximum Gasteiger partial charge on any atom is 0.276 e. The number of benzene rings is 1. The van der Waals surface area contributed by atoms with E-state index < -0.39 is 21.5 Å². The Morgan fingerprint density at radius 1 is 1.15 bits per heavy atom. The maximum atomic E-state index is 13.6. The fraction of sp³-hybridized carbons (Fsp3) is 0.407. The molecule has 14 heteroatoms. The van der Waals surface area contributed by atoms with Crippen LogP contribution >= 0.6 is 0 Å². The molecule has 0 aliphatic carbocycles. The standard InChI is InChI=1S/C27H34N8O5S/c1-3-14-40-23-8-7-20(41(38,39)34-12-10-32(2)11-13-34)15-21(23)26-30-22-17-33(18-24(28)36)35(25(22)27(37)31-26)16-19-6-4-5-9-29-19/h4-9,15H,3,10-14,16-18H2,1-2H3,(H2,28,36)(H,30,31,37). The minimum absolute atomic E-state index is 0.0937. The molecule has 1 amide bonds. The molecule has 0 atom stereocenters. The zero-order chi connectivity index (χ0) is 29.1. The van der Waals surface area contributed by atoms with Gasteiger partial charge < -0.3 is 20.4 Å². The van der Waals surface area contributed by atoms with Crippen molar-refractivity contribution >= 4 is 21.6 Å². The molecule has 0 unspecified atom stereocenters. The van der Waals surface area contributed by atoms with Crippen molar-refractivity contribution in [2.24, 2.45) is 5.73 Å². The van der Waals surface area contributed by atoms with Gasteiger partial charge in [0.15, 0.2) is 0 Å². The van der Waals surface area contributed by atoms with Crippen molar-refractivity contribution < 1.29 is 17.9 Å². The molecular formula is C27H34N8O5S. The lowest BCUT2D eigenvalue weighted by molar-refractivity contribution is -0.119. The summed E-state index contributed by atoms with van der Waals surface area (Å²) in [5.74, 6) is 0.0242. The van der Waals surface area contributed by atoms with E-state index in [1.54, 1.807) is 28.3 Å². The van der Waals surface area contributed by atoms with Crippen molar-refractivity contribution in [1.82, 2.24) is 29.2 Å². The van der Waals surface area contributed by atoms with Gasteiger partial charge in [-0.2, -0.15) is 4.31 Å². The quantitative estimate of drug-likeness (QED) is 0.350. The molecule has 0 radical (unpaired) electrons. The molecule has 4 heterocycles. The summed E-state index contributed by atoms with van der Waals surface area (Å²) in [6, 6.07) is 10.1. The van der Waals surface area contributed by atoms with E-state index in [0.29, 0.717) is 55.5 Å². The first-order valence-corrected chi connectivity index (χ1v) is 14.9. The molecule has 5 rings (SSSR count). The largest absolute Gasteiger partial charge is 0.493 e. The third-order valence-electron chi connectivity index (χ3n) is 7.04. The number of H-pyrrole nitrogens is 1. The fourth-order valence-corrected chi connectivity index (χ4v) is 6.38. The van der Waals surface area contributed by atoms with Gasteiger partial charge in [-0.1, -0.05) is 13.0 Å². The number of primary amides is 1. The SMILES string of the molecule is CCCOc1ccc(S(=O)(=O)N2CCN(C)CC2)cc1-c1nc2c(c(=O)[nH]1)N(Cc1ccccn1)N(CC(N)=O)C2. The first kappa shape index (κ1) is 28.7. The van der Waals surface area contributed by atoms with Gasteiger partial charge in [0.2, 0.25) is 15.9 Å². The number of ether oxygens (including phenoxy) is 1. The molecule has 1 aromatic carbocycles. The second-order valence-electron chi connectivity index (χ2n) is 10.1. The minimum Gasteiger partial charge on any atom is -0.493 e. The van der Waals surface area contributed by atoms with Gasteiger partial charge in [0.1, 0.15) is 17.3 Å². The molecule has 0 spiro atoms. The normalized spacial score (nSPS) is 16.6. The molecule has 2 aliphatic rings. The predicted octanol–water partition coefficient (Wildman–Crippen LogP) is 0.779. The lowest BCUT2D eigenvalue weighted by Crippen LogP contribution is -2.47. The number of hydrogen-bond acceptors (Lipinski definition) is 10. The van der Waals surface area contributed by atoms with E-state index in [1.807, 2.05) is 26.1 Å². The third kappa shape index (κ3) is 6.10. The highest BCUT2D eigenvalue weighted by Gasteiger charge is 2.34. The van der Waals surface area contributed by atoms with Crippen molar-refractivity contribution in [2.75, 3.05) is 51.4 Å². The number of nitrogens with two attached hydrogens (primary N) is 1. The molecular weight excluding hydrogens is 548 g/mol. The number of aromatic nitrogens is 3. The van der Waals surface area contributed by atoms with Gasteiger partial charge in [-0.25, -0.2) is 18.4 Å². The zero-order valence-corrected chi connectivity index (χ0v) is 23.9. The Bertz CT molecular complexity index is 1570. The average Bonchev–Trinajstić information content (AvgIpc) is 3.28. The highest BCUT2D eigenvalue weighted by atomic mass is 32.2. The third-order valence-corrected chi connectivity index (χ3v) is 8.94. The van der Waals surface area contributed by atoms with Gasteiger partial charge in [0.25, 0.3) is 5.56 Å². The second kappa shape index (κ2) is 11.9. The van der Waals surface area contributed by atoms with Crippen molar-refractivity contribution in [1.29, 1.82) is 0 Å². The molecule has 218 valence electrons. The molecule has 0 bridgehead atoms. The summed E-state index contributed by atoms with van der Waals surface area (Å²) in [5.41, 5.74) is 6.81. The number of anilines is 1. The van der Waals surface area contributed by atoms with Crippen LogP contribution in [0.5, 0.6) is 5.75 Å². The maximum absolute atomic E-state index is 13.6. The molecule has 41 heavy (non-hydrogen) atoms. The highest BCUT2D eigenvalue weighted by Crippen LogP contribution is 2.34. The van der Waals surface area contributed by atoms with Crippen molar-refractivity contribution in [3.05, 3.63) is 64.3 Å². The summed E-state index contributed by atoms with van der Waals surface area (Å²) < 4.78 is 34.5. The zero-order valence-electron chi connectivity index (χ0n) is 23.1. The number of nitrogens with one attached hydrogen (secondary N) is 1. The van der Waals surface area contributed by atoms with Crippen molar-refractivity contribution in [3.8, 4) is 17.1 Å². The van der Waals surface area contributed by atoms with Crippen LogP contribution < -0.4 is 21.0 Å². The molecule has 3 N–H and O–H groups in total. The molecule has 1 saturated heterocycles. The van der Waals surface area contributed by atoms with Crippen molar-refractivity contribution in [2.45, 2.75) is 31.3 Å². The van der Waals surface area contributed by atoms with Gasteiger partial charge in [-0.05, 0) is 43.8 Å². The molecule has 2 aliphatic heterocycles. The Morgan fingerprint density at radius 3 is 2.61 bits per heavy atom. The average molecular weight is 583 g/mol. The summed E-state index contributed by atoms with van der Waals surface area (Å²) in [6.45, 7) is 4.68. The molecule has 0 saturated carbocycles. The summed E-state index contributed by atoms with van der Waals surface area (Å²) in [4.78, 5) is 39.5. The van der Waals surface area contributed by atoms with Crippen LogP contribution in [0.1, 0.15) is 24.7 Å². The van der Waals surface area contributed by atoms with E-state index in [9.17, 15) is 18.0 Å². The van der Waals surface area contributed by atoms with Gasteiger partial charge in [-0.15, -0.1) is 0 Å². The minimum atomic E-state index is -3.78.